The number of carbonyl (C=O) groups excluding carboxylic acids is 1. The number of nitrogens with zero attached hydrogens (tertiary/aromatic N) is 3. The lowest BCUT2D eigenvalue weighted by Crippen LogP contribution is -2.36. The van der Waals surface area contributed by atoms with Crippen LogP contribution in [0.25, 0.3) is 0 Å². The van der Waals surface area contributed by atoms with Crippen molar-refractivity contribution in [1.29, 1.82) is 0 Å². The maximum atomic E-state index is 13.4. The molecule has 1 aliphatic heterocycles. The normalized spacial score (nSPS) is 13.2. The van der Waals surface area contributed by atoms with Crippen LogP contribution in [-0.4, -0.2) is 22.4 Å². The lowest BCUT2D eigenvalue weighted by molar-refractivity contribution is 0.0982. The van der Waals surface area contributed by atoms with Gasteiger partial charge in [-0.1, -0.05) is 11.6 Å². The van der Waals surface area contributed by atoms with Crippen molar-refractivity contribution in [2.75, 3.05) is 11.4 Å². The smallest absolute Gasteiger partial charge is 0.263 e. The van der Waals surface area contributed by atoms with E-state index in [2.05, 4.69) is 9.97 Å². The number of pyridine rings is 2. The van der Waals surface area contributed by atoms with Crippen LogP contribution in [0.4, 0.5) is 10.1 Å². The highest BCUT2D eigenvalue weighted by Crippen LogP contribution is 2.31. The molecular weight excluding hydrogens is 369 g/mol. The molecule has 0 aliphatic carbocycles. The molecule has 0 N–H and O–H groups in total. The number of aryl methyl sites for hydroxylation is 1. The van der Waals surface area contributed by atoms with E-state index >= 15 is 0 Å². The molecule has 0 bridgehead atoms. The highest BCUT2D eigenvalue weighted by Gasteiger charge is 2.26. The fraction of sp³-hybridized carbons (Fsp3) is 0.150. The Labute approximate surface area is 160 Å². The minimum Gasteiger partial charge on any atom is -0.438 e. The van der Waals surface area contributed by atoms with Crippen LogP contribution in [0, 0.1) is 5.82 Å². The third kappa shape index (κ3) is 3.48. The van der Waals surface area contributed by atoms with Crippen molar-refractivity contribution >= 4 is 23.2 Å². The Bertz CT molecular complexity index is 1010. The molecule has 1 amide bonds. The Morgan fingerprint density at radius 2 is 1.96 bits per heavy atom. The molecule has 1 aliphatic rings. The first-order valence-corrected chi connectivity index (χ1v) is 8.85. The Kier molecular flexibility index (Phi) is 4.73. The van der Waals surface area contributed by atoms with Gasteiger partial charge in [-0.15, -0.1) is 0 Å². The van der Waals surface area contributed by atoms with E-state index < -0.39 is 5.82 Å². The number of amides is 1. The number of hydrogen-bond donors (Lipinski definition) is 0. The summed E-state index contributed by atoms with van der Waals surface area (Å²) in [5.74, 6) is -0.324. The molecule has 27 heavy (non-hydrogen) atoms. The lowest BCUT2D eigenvalue weighted by atomic mass is 10.1. The summed E-state index contributed by atoms with van der Waals surface area (Å²) in [6.07, 6.45) is 4.93. The van der Waals surface area contributed by atoms with Gasteiger partial charge in [-0.05, 0) is 49.2 Å². The molecule has 0 fully saturated rings. The van der Waals surface area contributed by atoms with Crippen LogP contribution in [0.5, 0.6) is 11.6 Å². The van der Waals surface area contributed by atoms with Gasteiger partial charge in [-0.25, -0.2) is 9.37 Å². The number of carbonyl (C=O) groups is 1. The van der Waals surface area contributed by atoms with E-state index in [0.717, 1.165) is 24.2 Å². The Morgan fingerprint density at radius 1 is 1.15 bits per heavy atom. The molecule has 0 unspecified atom stereocenters. The van der Waals surface area contributed by atoms with Gasteiger partial charge in [-0.2, -0.15) is 0 Å². The number of fused-ring (bicyclic) bond motifs is 1. The van der Waals surface area contributed by atoms with Crippen molar-refractivity contribution in [2.45, 2.75) is 12.8 Å². The van der Waals surface area contributed by atoms with Gasteiger partial charge in [0.05, 0.1) is 16.4 Å². The van der Waals surface area contributed by atoms with Gasteiger partial charge in [0.15, 0.2) is 0 Å². The van der Waals surface area contributed by atoms with Gasteiger partial charge in [0.2, 0.25) is 5.88 Å². The highest BCUT2D eigenvalue weighted by molar-refractivity contribution is 6.30. The summed E-state index contributed by atoms with van der Waals surface area (Å²) in [7, 11) is 0. The lowest BCUT2D eigenvalue weighted by Gasteiger charge is -2.29. The number of anilines is 1. The summed E-state index contributed by atoms with van der Waals surface area (Å²) >= 11 is 5.80. The zero-order valence-electron chi connectivity index (χ0n) is 14.2. The molecule has 4 rings (SSSR count). The Balaban J connectivity index is 1.67. The van der Waals surface area contributed by atoms with E-state index in [1.807, 2.05) is 12.1 Å². The van der Waals surface area contributed by atoms with Crippen molar-refractivity contribution < 1.29 is 13.9 Å². The van der Waals surface area contributed by atoms with Crippen molar-refractivity contribution in [3.8, 4) is 11.6 Å². The van der Waals surface area contributed by atoms with E-state index in [4.69, 9.17) is 16.3 Å². The maximum Gasteiger partial charge on any atom is 0.263 e. The first kappa shape index (κ1) is 17.4. The summed E-state index contributed by atoms with van der Waals surface area (Å²) in [4.78, 5) is 23.4. The SMILES string of the molecule is O=C(c1cccnc1Oc1ccc(F)c(Cl)c1)N1CCCc2ncccc21. The van der Waals surface area contributed by atoms with Crippen molar-refractivity contribution in [1.82, 2.24) is 9.97 Å². The molecule has 0 spiro atoms. The van der Waals surface area contributed by atoms with Crippen molar-refractivity contribution in [3.05, 3.63) is 77.0 Å². The number of aromatic nitrogens is 2. The second-order valence-electron chi connectivity index (χ2n) is 6.06. The summed E-state index contributed by atoms with van der Waals surface area (Å²) < 4.78 is 19.1. The topological polar surface area (TPSA) is 55.3 Å². The van der Waals surface area contributed by atoms with Crippen molar-refractivity contribution in [2.24, 2.45) is 0 Å². The molecular formula is C20H15ClFN3O2. The molecule has 2 aromatic heterocycles. The second-order valence-corrected chi connectivity index (χ2v) is 6.47. The van der Waals surface area contributed by atoms with Crippen LogP contribution in [-0.2, 0) is 6.42 Å². The predicted octanol–water partition coefficient (Wildman–Crippen LogP) is 4.65. The van der Waals surface area contributed by atoms with Gasteiger partial charge in [0, 0.05) is 25.0 Å². The second kappa shape index (κ2) is 7.32. The first-order chi connectivity index (χ1) is 13.1. The van der Waals surface area contributed by atoms with Crippen LogP contribution < -0.4 is 9.64 Å². The van der Waals surface area contributed by atoms with Crippen LogP contribution in [0.1, 0.15) is 22.5 Å². The van der Waals surface area contributed by atoms with Gasteiger partial charge in [0.25, 0.3) is 5.91 Å². The van der Waals surface area contributed by atoms with E-state index in [-0.39, 0.29) is 16.8 Å². The van der Waals surface area contributed by atoms with E-state index in [1.165, 1.54) is 24.4 Å². The number of rotatable bonds is 3. The standard InChI is InChI=1S/C20H15ClFN3O2/c21-15-12-13(7-8-16(15)22)27-19-14(4-1-10-24-19)20(26)25-11-3-5-17-18(25)6-2-9-23-17/h1-2,4,6-10,12H,3,5,11H2. The van der Waals surface area contributed by atoms with Crippen LogP contribution in [0.3, 0.4) is 0 Å². The molecule has 7 heteroatoms. The van der Waals surface area contributed by atoms with Gasteiger partial charge in [0.1, 0.15) is 17.1 Å². The predicted molar refractivity (Wildman–Crippen MR) is 100.0 cm³/mol. The minimum absolute atomic E-state index is 0.0626. The average Bonchev–Trinajstić information content (AvgIpc) is 2.70. The highest BCUT2D eigenvalue weighted by atomic mass is 35.5. The number of halogens is 2. The van der Waals surface area contributed by atoms with Crippen LogP contribution >= 0.6 is 11.6 Å². The summed E-state index contributed by atoms with van der Waals surface area (Å²) in [5.41, 5.74) is 2.01. The van der Waals surface area contributed by atoms with E-state index in [0.29, 0.717) is 17.9 Å². The molecule has 3 aromatic rings. The quantitative estimate of drug-likeness (QED) is 0.660. The van der Waals surface area contributed by atoms with Crippen LogP contribution in [0.2, 0.25) is 5.02 Å². The molecule has 136 valence electrons. The number of hydrogen-bond acceptors (Lipinski definition) is 4. The first-order valence-electron chi connectivity index (χ1n) is 8.47. The number of ether oxygens (including phenoxy) is 1. The van der Waals surface area contributed by atoms with Crippen LogP contribution in [0.15, 0.2) is 54.9 Å². The summed E-state index contributed by atoms with van der Waals surface area (Å²) in [6, 6.07) is 11.0. The molecule has 3 heterocycles. The molecule has 0 atom stereocenters. The zero-order chi connectivity index (χ0) is 18.8. The zero-order valence-corrected chi connectivity index (χ0v) is 15.0. The third-order valence-electron chi connectivity index (χ3n) is 4.30. The molecule has 0 saturated heterocycles. The molecule has 1 aromatic carbocycles. The van der Waals surface area contributed by atoms with E-state index in [9.17, 15) is 9.18 Å². The van der Waals surface area contributed by atoms with Gasteiger partial charge >= 0.3 is 0 Å². The monoisotopic (exact) mass is 383 g/mol. The largest absolute Gasteiger partial charge is 0.438 e. The Morgan fingerprint density at radius 3 is 2.81 bits per heavy atom. The molecule has 0 radical (unpaired) electrons. The fourth-order valence-electron chi connectivity index (χ4n) is 3.04. The minimum atomic E-state index is -0.543. The average molecular weight is 384 g/mol. The van der Waals surface area contributed by atoms with Gasteiger partial charge in [-0.3, -0.25) is 9.78 Å². The van der Waals surface area contributed by atoms with E-state index in [1.54, 1.807) is 23.2 Å². The van der Waals surface area contributed by atoms with Gasteiger partial charge < -0.3 is 9.64 Å². The Hall–Kier alpha value is -2.99. The molecule has 5 nitrogen and oxygen atoms in total. The molecule has 0 saturated carbocycles. The summed E-state index contributed by atoms with van der Waals surface area (Å²) in [5, 5.41) is -0.0626. The maximum absolute atomic E-state index is 13.4. The number of benzene rings is 1. The van der Waals surface area contributed by atoms with Crippen molar-refractivity contribution in [3.63, 3.8) is 0 Å². The summed E-state index contributed by atoms with van der Waals surface area (Å²) in [6.45, 7) is 0.592. The third-order valence-corrected chi connectivity index (χ3v) is 4.59. The fourth-order valence-corrected chi connectivity index (χ4v) is 3.21.